The molecule has 1 aliphatic heterocycles. The third-order valence-corrected chi connectivity index (χ3v) is 3.78. The van der Waals surface area contributed by atoms with Crippen LogP contribution in [0.15, 0.2) is 28.7 Å². The fraction of sp³-hybridized carbons (Fsp3) is 0.429. The zero-order valence-corrected chi connectivity index (χ0v) is 12.0. The van der Waals surface area contributed by atoms with Crippen molar-refractivity contribution >= 4 is 21.9 Å². The van der Waals surface area contributed by atoms with Gasteiger partial charge >= 0.3 is 5.97 Å². The summed E-state index contributed by atoms with van der Waals surface area (Å²) in [7, 11) is 0. The van der Waals surface area contributed by atoms with E-state index >= 15 is 0 Å². The number of esters is 1. The van der Waals surface area contributed by atoms with E-state index in [1.165, 1.54) is 0 Å². The molecule has 0 atom stereocenters. The molecule has 5 heteroatoms. The van der Waals surface area contributed by atoms with Gasteiger partial charge in [-0.1, -0.05) is 15.9 Å². The predicted molar refractivity (Wildman–Crippen MR) is 72.5 cm³/mol. The van der Waals surface area contributed by atoms with Gasteiger partial charge < -0.3 is 9.47 Å². The maximum absolute atomic E-state index is 11.9. The molecule has 1 heterocycles. The van der Waals surface area contributed by atoms with Crippen molar-refractivity contribution in [2.45, 2.75) is 12.8 Å². The smallest absolute Gasteiger partial charge is 0.338 e. The van der Waals surface area contributed by atoms with Crippen LogP contribution in [0.2, 0.25) is 0 Å². The van der Waals surface area contributed by atoms with E-state index in [0.29, 0.717) is 31.6 Å². The molecule has 100 valence electrons. The Hall–Kier alpha value is -1.38. The number of halogens is 1. The van der Waals surface area contributed by atoms with Crippen molar-refractivity contribution in [1.82, 2.24) is 0 Å². The van der Waals surface area contributed by atoms with Crippen LogP contribution in [0.3, 0.4) is 0 Å². The molecule has 0 bridgehead atoms. The van der Waals surface area contributed by atoms with Crippen molar-refractivity contribution in [3.05, 3.63) is 34.3 Å². The highest BCUT2D eigenvalue weighted by atomic mass is 79.9. The molecule has 1 saturated heterocycles. The highest BCUT2D eigenvalue weighted by Crippen LogP contribution is 2.30. The molecule has 0 aliphatic carbocycles. The minimum Gasteiger partial charge on any atom is -0.460 e. The molecule has 2 rings (SSSR count). The Kier molecular flexibility index (Phi) is 4.56. The summed E-state index contributed by atoms with van der Waals surface area (Å²) >= 11 is 3.31. The average molecular weight is 324 g/mol. The lowest BCUT2D eigenvalue weighted by atomic mass is 9.83. The van der Waals surface area contributed by atoms with Crippen LogP contribution in [0.1, 0.15) is 23.2 Å². The van der Waals surface area contributed by atoms with Crippen molar-refractivity contribution in [3.8, 4) is 6.07 Å². The Labute approximate surface area is 120 Å². The van der Waals surface area contributed by atoms with Crippen LogP contribution in [0.5, 0.6) is 0 Å². The second-order valence-electron chi connectivity index (χ2n) is 4.59. The van der Waals surface area contributed by atoms with E-state index in [1.807, 2.05) is 0 Å². The van der Waals surface area contributed by atoms with Gasteiger partial charge in [-0.2, -0.15) is 5.26 Å². The van der Waals surface area contributed by atoms with Crippen LogP contribution < -0.4 is 0 Å². The number of hydrogen-bond donors (Lipinski definition) is 0. The van der Waals surface area contributed by atoms with E-state index in [4.69, 9.17) is 9.47 Å². The number of carbonyl (C=O) groups excluding carboxylic acids is 1. The summed E-state index contributed by atoms with van der Waals surface area (Å²) in [5, 5.41) is 9.26. The first-order valence-electron chi connectivity index (χ1n) is 6.07. The summed E-state index contributed by atoms with van der Waals surface area (Å²) < 4.78 is 11.4. The Morgan fingerprint density at radius 3 is 2.58 bits per heavy atom. The normalized spacial score (nSPS) is 17.5. The largest absolute Gasteiger partial charge is 0.460 e. The van der Waals surface area contributed by atoms with Crippen molar-refractivity contribution in [3.63, 3.8) is 0 Å². The molecule has 1 aliphatic rings. The molecular formula is C14H14BrNO3. The van der Waals surface area contributed by atoms with Crippen LogP contribution in [-0.4, -0.2) is 25.8 Å². The minimum atomic E-state index is -0.594. The van der Waals surface area contributed by atoms with Crippen LogP contribution in [-0.2, 0) is 9.47 Å². The van der Waals surface area contributed by atoms with Crippen molar-refractivity contribution < 1.29 is 14.3 Å². The highest BCUT2D eigenvalue weighted by Gasteiger charge is 2.34. The molecule has 1 aromatic rings. The summed E-state index contributed by atoms with van der Waals surface area (Å²) in [5.74, 6) is -0.395. The maximum Gasteiger partial charge on any atom is 0.338 e. The first-order chi connectivity index (χ1) is 9.15. The number of carbonyl (C=O) groups is 1. The lowest BCUT2D eigenvalue weighted by Crippen LogP contribution is -2.33. The molecule has 0 spiro atoms. The molecule has 1 fully saturated rings. The summed E-state index contributed by atoms with van der Waals surface area (Å²) in [5.41, 5.74) is -0.105. The fourth-order valence-electron chi connectivity index (χ4n) is 1.92. The van der Waals surface area contributed by atoms with Crippen molar-refractivity contribution in [2.75, 3.05) is 19.8 Å². The minimum absolute atomic E-state index is 0.127. The van der Waals surface area contributed by atoms with Gasteiger partial charge in [0.2, 0.25) is 0 Å². The van der Waals surface area contributed by atoms with Crippen molar-refractivity contribution in [2.24, 2.45) is 5.41 Å². The second-order valence-corrected chi connectivity index (χ2v) is 5.50. The van der Waals surface area contributed by atoms with Gasteiger partial charge in [-0.3, -0.25) is 0 Å². The average Bonchev–Trinajstić information content (AvgIpc) is 2.46. The zero-order chi connectivity index (χ0) is 13.7. The second kappa shape index (κ2) is 6.18. The molecule has 0 unspecified atom stereocenters. The van der Waals surface area contributed by atoms with Gasteiger partial charge in [0.25, 0.3) is 0 Å². The Balaban J connectivity index is 1.96. The fourth-order valence-corrected chi connectivity index (χ4v) is 2.19. The topological polar surface area (TPSA) is 59.3 Å². The van der Waals surface area contributed by atoms with Crippen LogP contribution >= 0.6 is 15.9 Å². The molecule has 0 amide bonds. The van der Waals surface area contributed by atoms with Crippen LogP contribution in [0.4, 0.5) is 0 Å². The number of hydrogen-bond acceptors (Lipinski definition) is 4. The van der Waals surface area contributed by atoms with Crippen LogP contribution in [0, 0.1) is 16.7 Å². The maximum atomic E-state index is 11.9. The van der Waals surface area contributed by atoms with Gasteiger partial charge in [0.1, 0.15) is 6.61 Å². The number of rotatable bonds is 3. The summed E-state index contributed by atoms with van der Waals surface area (Å²) in [6, 6.07) is 9.21. The van der Waals surface area contributed by atoms with E-state index in [0.717, 1.165) is 4.47 Å². The summed E-state index contributed by atoms with van der Waals surface area (Å²) in [6.07, 6.45) is 1.22. The van der Waals surface area contributed by atoms with E-state index in [2.05, 4.69) is 22.0 Å². The van der Waals surface area contributed by atoms with Gasteiger partial charge in [-0.05, 0) is 37.1 Å². The van der Waals surface area contributed by atoms with E-state index in [-0.39, 0.29) is 6.61 Å². The van der Waals surface area contributed by atoms with Gasteiger partial charge in [0.15, 0.2) is 0 Å². The first kappa shape index (κ1) is 14.0. The molecule has 0 radical (unpaired) electrons. The van der Waals surface area contributed by atoms with E-state index < -0.39 is 11.4 Å². The Morgan fingerprint density at radius 1 is 1.37 bits per heavy atom. The predicted octanol–water partition coefficient (Wildman–Crippen LogP) is 2.93. The monoisotopic (exact) mass is 323 g/mol. The van der Waals surface area contributed by atoms with Crippen molar-refractivity contribution in [1.29, 1.82) is 5.26 Å². The first-order valence-corrected chi connectivity index (χ1v) is 6.86. The van der Waals surface area contributed by atoms with E-state index in [9.17, 15) is 10.1 Å². The number of nitriles is 1. The Morgan fingerprint density at radius 2 is 2.00 bits per heavy atom. The highest BCUT2D eigenvalue weighted by molar-refractivity contribution is 9.10. The summed E-state index contributed by atoms with van der Waals surface area (Å²) in [4.78, 5) is 11.9. The molecular weight excluding hydrogens is 310 g/mol. The third kappa shape index (κ3) is 3.55. The lowest BCUT2D eigenvalue weighted by molar-refractivity contribution is -0.00466. The SMILES string of the molecule is N#CC1(COC(=O)c2ccc(Br)cc2)CCOCC1. The summed E-state index contributed by atoms with van der Waals surface area (Å²) in [6.45, 7) is 1.22. The van der Waals surface area contributed by atoms with Gasteiger partial charge in [0, 0.05) is 17.7 Å². The van der Waals surface area contributed by atoms with Gasteiger partial charge in [-0.15, -0.1) is 0 Å². The number of ether oxygens (including phenoxy) is 2. The zero-order valence-electron chi connectivity index (χ0n) is 10.4. The van der Waals surface area contributed by atoms with Gasteiger partial charge in [-0.25, -0.2) is 4.79 Å². The van der Waals surface area contributed by atoms with Crippen LogP contribution in [0.25, 0.3) is 0 Å². The molecule has 4 nitrogen and oxygen atoms in total. The van der Waals surface area contributed by atoms with Gasteiger partial charge in [0.05, 0.1) is 17.0 Å². The number of nitrogens with zero attached hydrogens (tertiary/aromatic N) is 1. The molecule has 19 heavy (non-hydrogen) atoms. The molecule has 0 saturated carbocycles. The number of benzene rings is 1. The third-order valence-electron chi connectivity index (χ3n) is 3.25. The lowest BCUT2D eigenvalue weighted by Gasteiger charge is -2.29. The standard InChI is InChI=1S/C14H14BrNO3/c15-12-3-1-11(2-4-12)13(17)19-10-14(9-16)5-7-18-8-6-14/h1-4H,5-8,10H2. The molecule has 1 aromatic carbocycles. The molecule has 0 aromatic heterocycles. The molecule has 0 N–H and O–H groups in total. The van der Waals surface area contributed by atoms with E-state index in [1.54, 1.807) is 24.3 Å². The Bertz CT molecular complexity index is 486. The quantitative estimate of drug-likeness (QED) is 0.802.